The Morgan fingerprint density at radius 2 is 1.52 bits per heavy atom. The molecule has 0 spiro atoms. The van der Waals surface area contributed by atoms with Gasteiger partial charge in [0.25, 0.3) is 0 Å². The molecule has 4 atom stereocenters. The molecule has 2 heterocycles. The van der Waals surface area contributed by atoms with Crippen LogP contribution in [0, 0.1) is 0 Å². The summed E-state index contributed by atoms with van der Waals surface area (Å²) >= 11 is 0. The van der Waals surface area contributed by atoms with Crippen LogP contribution in [-0.4, -0.2) is 17.1 Å². The molecule has 5 aliphatic carbocycles. The summed E-state index contributed by atoms with van der Waals surface area (Å²) in [7, 11) is 0. The Kier molecular flexibility index (Phi) is 7.75. The van der Waals surface area contributed by atoms with Crippen LogP contribution >= 0.6 is 0 Å². The quantitative estimate of drug-likeness (QED) is 0.174. The highest BCUT2D eigenvalue weighted by Gasteiger charge is 2.55. The molecule has 3 nitrogen and oxygen atoms in total. The van der Waals surface area contributed by atoms with Crippen molar-refractivity contribution in [3.63, 3.8) is 0 Å². The molecule has 0 saturated carbocycles. The van der Waals surface area contributed by atoms with Crippen molar-refractivity contribution in [2.75, 3.05) is 9.80 Å². The number of benzene rings is 5. The Labute approximate surface area is 354 Å². The van der Waals surface area contributed by atoms with Gasteiger partial charge < -0.3 is 14.2 Å². The van der Waals surface area contributed by atoms with Crippen LogP contribution in [0.3, 0.4) is 0 Å². The normalized spacial score (nSPS) is 25.3. The Morgan fingerprint density at radius 1 is 0.733 bits per heavy atom. The number of anilines is 2. The summed E-state index contributed by atoms with van der Waals surface area (Å²) in [6.07, 6.45) is 23.5. The number of nitrogens with zero attached hydrogens (tertiary/aromatic N) is 2. The van der Waals surface area contributed by atoms with Crippen LogP contribution < -0.4 is 9.80 Å². The topological polar surface area (TPSA) is 19.6 Å². The molecule has 5 aromatic carbocycles. The number of furan rings is 1. The van der Waals surface area contributed by atoms with Crippen molar-refractivity contribution in [1.82, 2.24) is 0 Å². The van der Waals surface area contributed by atoms with E-state index in [9.17, 15) is 0 Å². The SMILES string of the molecule is CC1(C)c2ccccc2-c2ccc(N(C3=CC4C(C5=CC=CCC5(C)N4c4ccc5oc6c(c5c4)CCCC6)c4ccccc43)C3(C)C=CC(c4ccccc4)=CC3)cc21. The molecule has 0 radical (unpaired) electrons. The van der Waals surface area contributed by atoms with Crippen molar-refractivity contribution in [1.29, 1.82) is 0 Å². The summed E-state index contributed by atoms with van der Waals surface area (Å²) < 4.78 is 6.50. The van der Waals surface area contributed by atoms with Crippen molar-refractivity contribution in [2.45, 2.75) is 94.7 Å². The van der Waals surface area contributed by atoms with Crippen LogP contribution in [0.25, 0.3) is 33.4 Å². The number of hydrogen-bond donors (Lipinski definition) is 0. The minimum absolute atomic E-state index is 0.107. The highest BCUT2D eigenvalue weighted by Crippen LogP contribution is 2.58. The van der Waals surface area contributed by atoms with Gasteiger partial charge in [-0.2, -0.15) is 0 Å². The molecule has 12 rings (SSSR count). The van der Waals surface area contributed by atoms with E-state index in [1.54, 1.807) is 0 Å². The van der Waals surface area contributed by atoms with Gasteiger partial charge in [-0.15, -0.1) is 0 Å². The van der Waals surface area contributed by atoms with E-state index in [0.29, 0.717) is 0 Å². The second-order valence-corrected chi connectivity index (χ2v) is 19.1. The van der Waals surface area contributed by atoms with Gasteiger partial charge in [0, 0.05) is 51.3 Å². The molecule has 6 aliphatic rings. The monoisotopic (exact) mass is 780 g/mol. The van der Waals surface area contributed by atoms with Gasteiger partial charge in [-0.05, 0) is 127 Å². The van der Waals surface area contributed by atoms with E-state index in [4.69, 9.17) is 4.42 Å². The fourth-order valence-corrected chi connectivity index (χ4v) is 12.2. The molecule has 4 unspecified atom stereocenters. The minimum atomic E-state index is -0.344. The lowest BCUT2D eigenvalue weighted by Gasteiger charge is -2.47. The maximum Gasteiger partial charge on any atom is 0.134 e. The molecule has 0 amide bonds. The molecule has 296 valence electrons. The first-order valence-electron chi connectivity index (χ1n) is 22.2. The third-order valence-corrected chi connectivity index (χ3v) is 15.2. The van der Waals surface area contributed by atoms with Gasteiger partial charge in [0.15, 0.2) is 0 Å². The first-order chi connectivity index (χ1) is 29.2. The average Bonchev–Trinajstić information content (AvgIpc) is 3.86. The van der Waals surface area contributed by atoms with E-state index in [0.717, 1.165) is 31.3 Å². The van der Waals surface area contributed by atoms with Crippen LogP contribution in [0.4, 0.5) is 11.4 Å². The summed E-state index contributed by atoms with van der Waals surface area (Å²) in [4.78, 5) is 5.50. The van der Waals surface area contributed by atoms with Crippen LogP contribution in [0.5, 0.6) is 0 Å². The Hall–Kier alpha value is -6.06. The largest absolute Gasteiger partial charge is 0.461 e. The molecule has 1 fully saturated rings. The summed E-state index contributed by atoms with van der Waals surface area (Å²) in [5, 5.41) is 1.30. The van der Waals surface area contributed by atoms with Crippen molar-refractivity contribution >= 4 is 33.6 Å². The van der Waals surface area contributed by atoms with Crippen LogP contribution in [0.15, 0.2) is 168 Å². The van der Waals surface area contributed by atoms with Crippen molar-refractivity contribution in [3.8, 4) is 11.1 Å². The van der Waals surface area contributed by atoms with Gasteiger partial charge in [-0.25, -0.2) is 0 Å². The molecule has 3 heteroatoms. The molecule has 0 N–H and O–H groups in total. The van der Waals surface area contributed by atoms with E-state index >= 15 is 0 Å². The maximum atomic E-state index is 6.50. The van der Waals surface area contributed by atoms with Crippen molar-refractivity contribution in [2.24, 2.45) is 0 Å². The summed E-state index contributed by atoms with van der Waals surface area (Å²) in [5.74, 6) is 1.42. The Balaban J connectivity index is 1.07. The standard InChI is InChI=1S/C57H52N2O/c1-55(2)47-22-12-10-18-41(47)42-27-25-40(35-49(42)55)58(56(3)32-29-38(30-33-56)37-16-6-5-7-17-37)50-36-51-54(45-21-9-8-19-43(45)50)48-23-14-15-31-57(48,4)59(51)39-26-28-53-46(34-39)44-20-11-13-24-52(44)60-53/h5-10,12,14-19,21-23,25-30,32,34-36,51,54H,11,13,20,24,31,33H2,1-4H3. The molecule has 1 saturated heterocycles. The first-order valence-corrected chi connectivity index (χ1v) is 22.2. The minimum Gasteiger partial charge on any atom is -0.461 e. The number of allylic oxidation sites excluding steroid dienone is 4. The van der Waals surface area contributed by atoms with E-state index in [2.05, 4.69) is 195 Å². The van der Waals surface area contributed by atoms with Gasteiger partial charge in [-0.1, -0.05) is 135 Å². The van der Waals surface area contributed by atoms with E-state index < -0.39 is 0 Å². The molecule has 6 aromatic rings. The molecule has 1 aromatic heterocycles. The second kappa shape index (κ2) is 13.0. The van der Waals surface area contributed by atoms with Gasteiger partial charge in [0.2, 0.25) is 0 Å². The summed E-state index contributed by atoms with van der Waals surface area (Å²) in [5.41, 5.74) is 17.9. The molecule has 1 aliphatic heterocycles. The number of fused-ring (bicyclic) bond motifs is 11. The predicted octanol–water partition coefficient (Wildman–Crippen LogP) is 13.9. The lowest BCUT2D eigenvalue weighted by molar-refractivity contribution is 0.506. The molecule has 60 heavy (non-hydrogen) atoms. The van der Waals surface area contributed by atoms with Crippen LogP contribution in [0.1, 0.15) is 98.4 Å². The highest BCUT2D eigenvalue weighted by molar-refractivity contribution is 5.92. The van der Waals surface area contributed by atoms with Crippen molar-refractivity contribution in [3.05, 3.63) is 203 Å². The smallest absolute Gasteiger partial charge is 0.134 e. The zero-order valence-corrected chi connectivity index (χ0v) is 35.2. The van der Waals surface area contributed by atoms with Crippen LogP contribution in [0.2, 0.25) is 0 Å². The van der Waals surface area contributed by atoms with Gasteiger partial charge in [0.1, 0.15) is 11.3 Å². The predicted molar refractivity (Wildman–Crippen MR) is 250 cm³/mol. The lowest BCUT2D eigenvalue weighted by atomic mass is 9.74. The summed E-state index contributed by atoms with van der Waals surface area (Å²) in [6.45, 7) is 9.74. The van der Waals surface area contributed by atoms with E-state index in [1.165, 1.54) is 96.7 Å². The summed E-state index contributed by atoms with van der Waals surface area (Å²) in [6, 6.07) is 43.7. The van der Waals surface area contributed by atoms with E-state index in [1.807, 2.05) is 0 Å². The van der Waals surface area contributed by atoms with Gasteiger partial charge in [-0.3, -0.25) is 0 Å². The van der Waals surface area contributed by atoms with Gasteiger partial charge >= 0.3 is 0 Å². The zero-order chi connectivity index (χ0) is 40.4. The fraction of sp³-hybridized carbons (Fsp3) is 0.263. The third kappa shape index (κ3) is 5.08. The number of rotatable bonds is 5. The lowest BCUT2D eigenvalue weighted by Crippen LogP contribution is -2.48. The van der Waals surface area contributed by atoms with E-state index in [-0.39, 0.29) is 28.5 Å². The Morgan fingerprint density at radius 3 is 2.37 bits per heavy atom. The first kappa shape index (κ1) is 35.8. The van der Waals surface area contributed by atoms with Gasteiger partial charge in [0.05, 0.1) is 17.1 Å². The third-order valence-electron chi connectivity index (χ3n) is 15.2. The fourth-order valence-electron chi connectivity index (χ4n) is 12.2. The molecular weight excluding hydrogens is 729 g/mol. The second-order valence-electron chi connectivity index (χ2n) is 19.1. The number of aryl methyl sites for hydroxylation is 2. The number of hydrogen-bond acceptors (Lipinski definition) is 3. The average molecular weight is 781 g/mol. The molecular formula is C57H52N2O. The Bertz CT molecular complexity index is 2920. The zero-order valence-electron chi connectivity index (χ0n) is 35.2. The van der Waals surface area contributed by atoms with Crippen molar-refractivity contribution < 1.29 is 4.42 Å². The molecule has 0 bridgehead atoms. The maximum absolute atomic E-state index is 6.50. The highest BCUT2D eigenvalue weighted by atomic mass is 16.3. The van der Waals surface area contributed by atoms with Crippen LogP contribution in [-0.2, 0) is 18.3 Å².